The fraction of sp³-hybridized carbons (Fsp3) is 0.906. The number of hydrogen-bond donors (Lipinski definition) is 0. The van der Waals surface area contributed by atoms with E-state index in [0.717, 1.165) is 13.1 Å². The molecule has 4 unspecified atom stereocenters. The van der Waals surface area contributed by atoms with Gasteiger partial charge in [0.2, 0.25) is 0 Å². The Balaban J connectivity index is 0. The Morgan fingerprint density at radius 2 is 0.397 bits per heavy atom. The van der Waals surface area contributed by atoms with Crippen LogP contribution in [0.4, 0.5) is 0 Å². The summed E-state index contributed by atoms with van der Waals surface area (Å²) in [5.41, 5.74) is 3.04. The summed E-state index contributed by atoms with van der Waals surface area (Å²) in [7, 11) is 0. The van der Waals surface area contributed by atoms with Gasteiger partial charge in [-0.25, -0.2) is 0 Å². The van der Waals surface area contributed by atoms with Gasteiger partial charge in [-0.15, -0.1) is 24.8 Å². The lowest BCUT2D eigenvalue weighted by Crippen LogP contribution is -2.40. The lowest BCUT2D eigenvalue weighted by atomic mass is 9.99. The summed E-state index contributed by atoms with van der Waals surface area (Å²) in [6.07, 6.45) is 62.4. The molecule has 0 aliphatic carbocycles. The molecule has 2 nitrogen and oxygen atoms in total. The van der Waals surface area contributed by atoms with Gasteiger partial charge in [0.25, 0.3) is 0 Å². The molecule has 0 heterocycles. The van der Waals surface area contributed by atoms with Crippen molar-refractivity contribution in [3.8, 4) is 0 Å². The predicted octanol–water partition coefficient (Wildman–Crippen LogP) is 22.9. The highest BCUT2D eigenvalue weighted by Crippen LogP contribution is 2.25. The third-order valence-electron chi connectivity index (χ3n) is 15.9. The van der Waals surface area contributed by atoms with Crippen LogP contribution in [-0.2, 0) is 13.1 Å². The molecular weight excluding hydrogens is 868 g/mol. The number of benzene rings is 1. The first-order chi connectivity index (χ1) is 32.4. The summed E-state index contributed by atoms with van der Waals surface area (Å²) in [5, 5.41) is 0. The highest BCUT2D eigenvalue weighted by Gasteiger charge is 2.22. The molecule has 0 spiro atoms. The highest BCUT2D eigenvalue weighted by molar-refractivity contribution is 5.85. The molecule has 0 saturated carbocycles. The number of nitrogens with zero attached hydrogens (tertiary/aromatic N) is 2. The van der Waals surface area contributed by atoms with Crippen molar-refractivity contribution in [2.24, 2.45) is 0 Å². The third-order valence-corrected chi connectivity index (χ3v) is 15.9. The Kier molecular flexibility index (Phi) is 54.4. The Morgan fingerprint density at radius 3 is 0.559 bits per heavy atom. The molecule has 0 amide bonds. The summed E-state index contributed by atoms with van der Waals surface area (Å²) in [5.74, 6) is 0. The van der Waals surface area contributed by atoms with E-state index in [0.29, 0.717) is 24.2 Å². The second-order valence-electron chi connectivity index (χ2n) is 22.4. The van der Waals surface area contributed by atoms with Gasteiger partial charge in [-0.3, -0.25) is 9.80 Å². The van der Waals surface area contributed by atoms with Gasteiger partial charge in [-0.05, 0) is 64.5 Å². The van der Waals surface area contributed by atoms with Gasteiger partial charge >= 0.3 is 0 Å². The molecule has 0 fully saturated rings. The maximum absolute atomic E-state index is 2.91. The monoisotopic (exact) mass is 993 g/mol. The predicted molar refractivity (Wildman–Crippen MR) is 316 cm³/mol. The van der Waals surface area contributed by atoms with Crippen LogP contribution >= 0.6 is 24.8 Å². The van der Waals surface area contributed by atoms with Crippen LogP contribution in [0.3, 0.4) is 0 Å². The first-order valence-corrected chi connectivity index (χ1v) is 31.0. The first-order valence-electron chi connectivity index (χ1n) is 31.0. The first kappa shape index (κ1) is 69.8. The van der Waals surface area contributed by atoms with Crippen molar-refractivity contribution in [1.29, 1.82) is 0 Å². The van der Waals surface area contributed by atoms with E-state index in [9.17, 15) is 0 Å². The van der Waals surface area contributed by atoms with Crippen molar-refractivity contribution < 1.29 is 0 Å². The maximum Gasteiger partial charge on any atom is 0.0239 e. The molecule has 4 heteroatoms. The quantitative estimate of drug-likeness (QED) is 0.0600. The number of halogens is 2. The maximum atomic E-state index is 2.91. The molecule has 1 aromatic carbocycles. The number of rotatable bonds is 52. The summed E-state index contributed by atoms with van der Waals surface area (Å²) in [6, 6.07) is 12.6. The van der Waals surface area contributed by atoms with E-state index in [-0.39, 0.29) is 24.8 Å². The van der Waals surface area contributed by atoms with E-state index in [4.69, 9.17) is 0 Å². The molecule has 0 bridgehead atoms. The van der Waals surface area contributed by atoms with Gasteiger partial charge in [-0.2, -0.15) is 0 Å². The smallest absolute Gasteiger partial charge is 0.0239 e. The van der Waals surface area contributed by atoms with Crippen molar-refractivity contribution in [3.05, 3.63) is 35.4 Å². The van der Waals surface area contributed by atoms with E-state index in [2.05, 4.69) is 89.5 Å². The molecule has 68 heavy (non-hydrogen) atoms. The summed E-state index contributed by atoms with van der Waals surface area (Å²) in [6.45, 7) is 21.7. The van der Waals surface area contributed by atoms with Gasteiger partial charge in [0.15, 0.2) is 0 Å². The summed E-state index contributed by atoms with van der Waals surface area (Å²) in [4.78, 5) is 5.82. The van der Waals surface area contributed by atoms with Crippen molar-refractivity contribution in [2.45, 2.75) is 375 Å². The van der Waals surface area contributed by atoms with E-state index in [1.165, 1.54) is 294 Å². The summed E-state index contributed by atoms with van der Waals surface area (Å²) < 4.78 is 0. The van der Waals surface area contributed by atoms with Crippen LogP contribution in [0.15, 0.2) is 24.3 Å². The molecule has 0 aliphatic heterocycles. The second-order valence-corrected chi connectivity index (χ2v) is 22.4. The summed E-state index contributed by atoms with van der Waals surface area (Å²) >= 11 is 0. The van der Waals surface area contributed by atoms with Crippen LogP contribution in [0.25, 0.3) is 0 Å². The Labute approximate surface area is 442 Å². The van der Waals surface area contributed by atoms with Crippen LogP contribution in [-0.4, -0.2) is 34.0 Å². The topological polar surface area (TPSA) is 6.48 Å². The van der Waals surface area contributed by atoms with Gasteiger partial charge in [0.1, 0.15) is 0 Å². The lowest BCUT2D eigenvalue weighted by molar-refractivity contribution is 0.125. The molecule has 4 atom stereocenters. The zero-order valence-corrected chi connectivity index (χ0v) is 49.5. The van der Waals surface area contributed by atoms with Gasteiger partial charge < -0.3 is 0 Å². The third kappa shape index (κ3) is 41.2. The molecule has 1 rings (SSSR count). The number of hydrogen-bond acceptors (Lipinski definition) is 2. The molecule has 0 aliphatic rings. The molecule has 1 aromatic rings. The highest BCUT2D eigenvalue weighted by atomic mass is 35.5. The molecule has 0 radical (unpaired) electrons. The van der Waals surface area contributed by atoms with Crippen LogP contribution in [0.1, 0.15) is 349 Å². The average Bonchev–Trinajstić information content (AvgIpc) is 3.32. The van der Waals surface area contributed by atoms with E-state index < -0.39 is 0 Å². The van der Waals surface area contributed by atoms with Crippen molar-refractivity contribution in [3.63, 3.8) is 0 Å². The van der Waals surface area contributed by atoms with Crippen LogP contribution in [0.2, 0.25) is 0 Å². The Bertz CT molecular complexity index is 949. The fourth-order valence-electron chi connectivity index (χ4n) is 11.0. The normalized spacial score (nSPS) is 13.4. The molecule has 406 valence electrons. The number of unbranched alkanes of at least 4 members (excludes halogenated alkanes) is 36. The molecule has 0 N–H and O–H groups in total. The molecule has 0 aromatic heterocycles. The minimum Gasteiger partial charge on any atom is -0.294 e. The lowest BCUT2D eigenvalue weighted by Gasteiger charge is -2.36. The zero-order valence-electron chi connectivity index (χ0n) is 47.9. The molecular formula is C64H126Cl2N2. The largest absolute Gasteiger partial charge is 0.294 e. The van der Waals surface area contributed by atoms with Crippen molar-refractivity contribution in [2.75, 3.05) is 0 Å². The van der Waals surface area contributed by atoms with Crippen LogP contribution < -0.4 is 0 Å². The van der Waals surface area contributed by atoms with Gasteiger partial charge in [0, 0.05) is 37.3 Å². The molecule has 0 saturated heterocycles. The van der Waals surface area contributed by atoms with Crippen LogP contribution in [0, 0.1) is 0 Å². The Morgan fingerprint density at radius 1 is 0.250 bits per heavy atom. The van der Waals surface area contributed by atoms with Crippen molar-refractivity contribution in [1.82, 2.24) is 9.80 Å². The van der Waals surface area contributed by atoms with E-state index in [1.54, 1.807) is 0 Å². The average molecular weight is 995 g/mol. The van der Waals surface area contributed by atoms with Gasteiger partial charge in [-0.1, -0.05) is 309 Å². The second kappa shape index (κ2) is 53.0. The van der Waals surface area contributed by atoms with Crippen LogP contribution in [0.5, 0.6) is 0 Å². The van der Waals surface area contributed by atoms with Gasteiger partial charge in [0.05, 0.1) is 0 Å². The fourth-order valence-corrected chi connectivity index (χ4v) is 11.0. The van der Waals surface area contributed by atoms with E-state index in [1.807, 2.05) is 0 Å². The Hall–Kier alpha value is -0.280. The SMILES string of the molecule is CCCCCCCCCCCCC(C)N(Cc1ccc(CN(C(C)CCCCCCCCCCCC)C(C)CCCCCCCCCCCC)cc1)C(C)CCCCCCCCCCCC.Cl.Cl. The standard InChI is InChI=1S/C64H124N2.2ClH/c1-9-13-17-21-25-29-33-37-41-45-49-59(5)65(60(6)50-46-42-38-34-30-26-22-18-14-10-2)57-63-53-55-64(56-54-63)58-66(61(7)51-47-43-39-35-31-27-23-19-15-11-3)62(8)52-48-44-40-36-32-28-24-20-16-12-4;;/h53-56,59-62H,9-52,57-58H2,1-8H3;2*1H. The minimum atomic E-state index is 0. The minimum absolute atomic E-state index is 0. The van der Waals surface area contributed by atoms with Crippen molar-refractivity contribution >= 4 is 24.8 Å². The van der Waals surface area contributed by atoms with E-state index >= 15 is 0 Å². The zero-order chi connectivity index (χ0) is 48.0.